The normalized spacial score (nSPS) is 10.3. The summed E-state index contributed by atoms with van der Waals surface area (Å²) >= 11 is 3.17. The van der Waals surface area contributed by atoms with Crippen molar-refractivity contribution in [3.8, 4) is 0 Å². The summed E-state index contributed by atoms with van der Waals surface area (Å²) in [5, 5.41) is 11.4. The summed E-state index contributed by atoms with van der Waals surface area (Å²) in [5.41, 5.74) is 0.932. The number of aromatic amines is 1. The van der Waals surface area contributed by atoms with Gasteiger partial charge in [0.25, 0.3) is 0 Å². The number of nitrogens with zero attached hydrogens (tertiary/aromatic N) is 1. The predicted octanol–water partition coefficient (Wildman–Crippen LogP) is 2.51. The van der Waals surface area contributed by atoms with E-state index < -0.39 is 0 Å². The first-order chi connectivity index (χ1) is 7.74. The van der Waals surface area contributed by atoms with Gasteiger partial charge < -0.3 is 5.32 Å². The number of aryl methyl sites for hydroxylation is 1. The molecule has 0 aromatic carbocycles. The van der Waals surface area contributed by atoms with Crippen LogP contribution < -0.4 is 5.32 Å². The third-order valence-electron chi connectivity index (χ3n) is 1.81. The van der Waals surface area contributed by atoms with Crippen LogP contribution in [0.5, 0.6) is 0 Å². The Labute approximate surface area is 101 Å². The molecule has 0 radical (unpaired) electrons. The average Bonchev–Trinajstić information content (AvgIpc) is 2.87. The van der Waals surface area contributed by atoms with Crippen LogP contribution in [0.1, 0.15) is 5.69 Å². The summed E-state index contributed by atoms with van der Waals surface area (Å²) in [6.45, 7) is 1.89. The van der Waals surface area contributed by atoms with Gasteiger partial charge >= 0.3 is 0 Å². The standard InChI is InChI=1S/C10H11N3OS2/c1-7-5-8(13-12-7)11-9(14)6-16-10-3-2-4-15-10/h2-5H,6H2,1H3,(H2,11,12,13,14). The molecule has 2 aromatic rings. The highest BCUT2D eigenvalue weighted by molar-refractivity contribution is 8.01. The van der Waals surface area contributed by atoms with E-state index in [1.54, 1.807) is 17.4 Å². The second-order valence-electron chi connectivity index (χ2n) is 3.21. The van der Waals surface area contributed by atoms with Crippen molar-refractivity contribution in [2.75, 3.05) is 11.1 Å². The van der Waals surface area contributed by atoms with Gasteiger partial charge in [-0.15, -0.1) is 23.1 Å². The molecule has 0 bridgehead atoms. The summed E-state index contributed by atoms with van der Waals surface area (Å²) in [6.07, 6.45) is 0. The molecule has 2 N–H and O–H groups in total. The van der Waals surface area contributed by atoms with Crippen LogP contribution in [0, 0.1) is 6.92 Å². The Morgan fingerprint density at radius 3 is 3.19 bits per heavy atom. The van der Waals surface area contributed by atoms with Crippen molar-refractivity contribution in [2.45, 2.75) is 11.1 Å². The highest BCUT2D eigenvalue weighted by atomic mass is 32.2. The van der Waals surface area contributed by atoms with E-state index in [0.29, 0.717) is 11.6 Å². The van der Waals surface area contributed by atoms with Crippen LogP contribution >= 0.6 is 23.1 Å². The quantitative estimate of drug-likeness (QED) is 0.823. The molecule has 2 aromatic heterocycles. The van der Waals surface area contributed by atoms with Gasteiger partial charge in [0.2, 0.25) is 5.91 Å². The molecule has 0 aliphatic rings. The molecule has 0 aliphatic carbocycles. The van der Waals surface area contributed by atoms with Gasteiger partial charge in [-0.3, -0.25) is 9.89 Å². The summed E-state index contributed by atoms with van der Waals surface area (Å²) in [4.78, 5) is 11.5. The van der Waals surface area contributed by atoms with E-state index in [1.807, 2.05) is 24.4 Å². The third-order valence-corrected chi connectivity index (χ3v) is 3.94. The van der Waals surface area contributed by atoms with Crippen molar-refractivity contribution in [3.05, 3.63) is 29.3 Å². The molecule has 0 saturated heterocycles. The average molecular weight is 253 g/mol. The Hall–Kier alpha value is -1.27. The monoisotopic (exact) mass is 253 g/mol. The Morgan fingerprint density at radius 2 is 2.56 bits per heavy atom. The van der Waals surface area contributed by atoms with Crippen LogP contribution in [-0.4, -0.2) is 21.9 Å². The molecule has 0 unspecified atom stereocenters. The lowest BCUT2D eigenvalue weighted by molar-refractivity contribution is -0.113. The molecular weight excluding hydrogens is 242 g/mol. The molecule has 0 aliphatic heterocycles. The van der Waals surface area contributed by atoms with E-state index in [4.69, 9.17) is 0 Å². The lowest BCUT2D eigenvalue weighted by Crippen LogP contribution is -2.14. The number of nitrogens with one attached hydrogen (secondary N) is 2. The molecule has 2 rings (SSSR count). The van der Waals surface area contributed by atoms with Crippen LogP contribution in [0.25, 0.3) is 0 Å². The second-order valence-corrected chi connectivity index (χ2v) is 5.43. The van der Waals surface area contributed by atoms with Crippen LogP contribution in [0.15, 0.2) is 27.8 Å². The second kappa shape index (κ2) is 5.18. The number of thioether (sulfide) groups is 1. The van der Waals surface area contributed by atoms with Gasteiger partial charge in [-0.1, -0.05) is 6.07 Å². The van der Waals surface area contributed by atoms with Gasteiger partial charge in [-0.2, -0.15) is 5.10 Å². The number of anilines is 1. The van der Waals surface area contributed by atoms with E-state index in [9.17, 15) is 4.79 Å². The number of aromatic nitrogens is 2. The minimum absolute atomic E-state index is 0.0371. The molecular formula is C10H11N3OS2. The molecule has 84 valence electrons. The maximum Gasteiger partial charge on any atom is 0.235 e. The summed E-state index contributed by atoms with van der Waals surface area (Å²) in [6, 6.07) is 5.77. The van der Waals surface area contributed by atoms with Gasteiger partial charge in [0.1, 0.15) is 0 Å². The maximum absolute atomic E-state index is 11.5. The summed E-state index contributed by atoms with van der Waals surface area (Å²) < 4.78 is 1.15. The highest BCUT2D eigenvalue weighted by Gasteiger charge is 2.05. The van der Waals surface area contributed by atoms with Crippen LogP contribution in [0.2, 0.25) is 0 Å². The van der Waals surface area contributed by atoms with Crippen LogP contribution in [0.4, 0.5) is 5.82 Å². The van der Waals surface area contributed by atoms with Crippen molar-refractivity contribution < 1.29 is 4.79 Å². The third kappa shape index (κ3) is 3.11. The zero-order chi connectivity index (χ0) is 11.4. The molecule has 0 spiro atoms. The summed E-state index contributed by atoms with van der Waals surface area (Å²) in [7, 11) is 0. The van der Waals surface area contributed by atoms with Gasteiger partial charge in [0.05, 0.1) is 9.96 Å². The number of H-pyrrole nitrogens is 1. The molecule has 4 nitrogen and oxygen atoms in total. The fourth-order valence-electron chi connectivity index (χ4n) is 1.14. The molecule has 1 amide bonds. The van der Waals surface area contributed by atoms with Gasteiger partial charge in [0.15, 0.2) is 5.82 Å². The Morgan fingerprint density at radius 1 is 1.69 bits per heavy atom. The first kappa shape index (κ1) is 11.2. The Kier molecular flexibility index (Phi) is 3.63. The number of thiophene rings is 1. The van der Waals surface area contributed by atoms with Gasteiger partial charge in [-0.25, -0.2) is 0 Å². The maximum atomic E-state index is 11.5. The van der Waals surface area contributed by atoms with Crippen LogP contribution in [0.3, 0.4) is 0 Å². The number of hydrogen-bond donors (Lipinski definition) is 2. The first-order valence-electron chi connectivity index (χ1n) is 4.72. The summed E-state index contributed by atoms with van der Waals surface area (Å²) in [5.74, 6) is 0.950. The fourth-order valence-corrected chi connectivity index (χ4v) is 2.73. The molecule has 2 heterocycles. The lowest BCUT2D eigenvalue weighted by Gasteiger charge is -1.99. The zero-order valence-electron chi connectivity index (χ0n) is 8.69. The van der Waals surface area contributed by atoms with Crippen molar-refractivity contribution in [1.29, 1.82) is 0 Å². The minimum Gasteiger partial charge on any atom is -0.308 e. The van der Waals surface area contributed by atoms with Crippen LogP contribution in [-0.2, 0) is 4.79 Å². The van der Waals surface area contributed by atoms with E-state index in [2.05, 4.69) is 15.5 Å². The van der Waals surface area contributed by atoms with Crippen molar-refractivity contribution in [2.24, 2.45) is 0 Å². The Bertz CT molecular complexity index is 464. The first-order valence-corrected chi connectivity index (χ1v) is 6.59. The largest absolute Gasteiger partial charge is 0.308 e. The topological polar surface area (TPSA) is 57.8 Å². The number of carbonyl (C=O) groups excluding carboxylic acids is 1. The minimum atomic E-state index is -0.0371. The van der Waals surface area contributed by atoms with Crippen molar-refractivity contribution in [1.82, 2.24) is 10.2 Å². The zero-order valence-corrected chi connectivity index (χ0v) is 10.3. The van der Waals surface area contributed by atoms with E-state index in [1.165, 1.54) is 11.8 Å². The van der Waals surface area contributed by atoms with E-state index >= 15 is 0 Å². The molecule has 0 fully saturated rings. The highest BCUT2D eigenvalue weighted by Crippen LogP contribution is 2.23. The molecule has 0 saturated carbocycles. The van der Waals surface area contributed by atoms with Gasteiger partial charge in [-0.05, 0) is 18.4 Å². The molecule has 16 heavy (non-hydrogen) atoms. The number of rotatable bonds is 4. The molecule has 0 atom stereocenters. The fraction of sp³-hybridized carbons (Fsp3) is 0.200. The smallest absolute Gasteiger partial charge is 0.235 e. The SMILES string of the molecule is Cc1cc(NC(=O)CSc2cccs2)n[nH]1. The lowest BCUT2D eigenvalue weighted by atomic mass is 10.5. The van der Waals surface area contributed by atoms with Crippen molar-refractivity contribution >= 4 is 34.8 Å². The predicted molar refractivity (Wildman–Crippen MR) is 67.0 cm³/mol. The Balaban J connectivity index is 1.81. The van der Waals surface area contributed by atoms with Crippen molar-refractivity contribution in [3.63, 3.8) is 0 Å². The van der Waals surface area contributed by atoms with Gasteiger partial charge in [0, 0.05) is 11.8 Å². The van der Waals surface area contributed by atoms with E-state index in [0.717, 1.165) is 9.90 Å². The number of carbonyl (C=O) groups is 1. The number of amides is 1. The number of hydrogen-bond acceptors (Lipinski definition) is 4. The van der Waals surface area contributed by atoms with E-state index in [-0.39, 0.29) is 5.91 Å². The molecule has 6 heteroatoms.